The van der Waals surface area contributed by atoms with Crippen molar-refractivity contribution in [3.63, 3.8) is 0 Å². The molecule has 4 heteroatoms. The van der Waals surface area contributed by atoms with E-state index >= 15 is 0 Å². The van der Waals surface area contributed by atoms with Crippen molar-refractivity contribution in [3.05, 3.63) is 42.2 Å². The van der Waals surface area contributed by atoms with Crippen molar-refractivity contribution >= 4 is 0 Å². The van der Waals surface area contributed by atoms with Crippen molar-refractivity contribution in [1.29, 1.82) is 5.26 Å². The van der Waals surface area contributed by atoms with Crippen LogP contribution in [0.1, 0.15) is 5.56 Å². The molecule has 16 heavy (non-hydrogen) atoms. The molecular weight excluding hydrogens is 202 g/mol. The van der Waals surface area contributed by atoms with E-state index in [1.54, 1.807) is 43.8 Å². The number of hydrogen-bond donors (Lipinski definition) is 0. The molecule has 0 unspecified atom stereocenters. The van der Waals surface area contributed by atoms with Crippen molar-refractivity contribution in [2.45, 2.75) is 0 Å². The van der Waals surface area contributed by atoms with Crippen LogP contribution in [0.5, 0.6) is 5.75 Å². The molecule has 0 saturated heterocycles. The zero-order valence-corrected chi connectivity index (χ0v) is 8.71. The molecule has 1 aromatic carbocycles. The van der Waals surface area contributed by atoms with Gasteiger partial charge in [-0.25, -0.2) is 9.97 Å². The van der Waals surface area contributed by atoms with Gasteiger partial charge in [-0.05, 0) is 24.3 Å². The van der Waals surface area contributed by atoms with E-state index in [1.807, 2.05) is 0 Å². The van der Waals surface area contributed by atoms with Crippen LogP contribution >= 0.6 is 0 Å². The van der Waals surface area contributed by atoms with Crippen LogP contribution in [0.2, 0.25) is 0 Å². The van der Waals surface area contributed by atoms with E-state index in [0.29, 0.717) is 22.7 Å². The zero-order valence-electron chi connectivity index (χ0n) is 8.71. The first-order valence-corrected chi connectivity index (χ1v) is 4.70. The molecular formula is C12H9N3O. The molecule has 78 valence electrons. The van der Waals surface area contributed by atoms with Gasteiger partial charge in [0.25, 0.3) is 0 Å². The summed E-state index contributed by atoms with van der Waals surface area (Å²) >= 11 is 0. The van der Waals surface area contributed by atoms with Crippen molar-refractivity contribution < 1.29 is 4.74 Å². The lowest BCUT2D eigenvalue weighted by molar-refractivity contribution is 0.415. The number of ether oxygens (including phenoxy) is 1. The molecule has 0 aliphatic carbocycles. The Labute approximate surface area is 93.2 Å². The summed E-state index contributed by atoms with van der Waals surface area (Å²) in [6, 6.07) is 9.04. The molecule has 0 radical (unpaired) electrons. The van der Waals surface area contributed by atoms with Crippen LogP contribution in [0.25, 0.3) is 11.4 Å². The van der Waals surface area contributed by atoms with Gasteiger partial charge in [-0.3, -0.25) is 0 Å². The van der Waals surface area contributed by atoms with Gasteiger partial charge in [-0.1, -0.05) is 0 Å². The molecule has 1 heterocycles. The highest BCUT2D eigenvalue weighted by Gasteiger charge is 2.08. The first-order chi connectivity index (χ1) is 7.85. The molecule has 0 saturated carbocycles. The summed E-state index contributed by atoms with van der Waals surface area (Å²) < 4.78 is 5.11. The molecule has 0 fully saturated rings. The van der Waals surface area contributed by atoms with Gasteiger partial charge in [0, 0.05) is 18.0 Å². The lowest BCUT2D eigenvalue weighted by atomic mass is 10.1. The van der Waals surface area contributed by atoms with Crippen molar-refractivity contribution in [2.75, 3.05) is 7.11 Å². The van der Waals surface area contributed by atoms with Gasteiger partial charge in [0.1, 0.15) is 5.75 Å². The average Bonchev–Trinajstić information content (AvgIpc) is 2.39. The molecule has 0 N–H and O–H groups in total. The van der Waals surface area contributed by atoms with Gasteiger partial charge in [-0.15, -0.1) is 0 Å². The topological polar surface area (TPSA) is 58.8 Å². The third-order valence-corrected chi connectivity index (χ3v) is 2.15. The van der Waals surface area contributed by atoms with Crippen LogP contribution in [0.3, 0.4) is 0 Å². The second-order valence-corrected chi connectivity index (χ2v) is 3.10. The van der Waals surface area contributed by atoms with E-state index in [9.17, 15) is 0 Å². The van der Waals surface area contributed by atoms with Gasteiger partial charge in [0.2, 0.25) is 0 Å². The van der Waals surface area contributed by atoms with Crippen LogP contribution in [0.4, 0.5) is 0 Å². The maximum Gasteiger partial charge on any atom is 0.160 e. The molecule has 4 nitrogen and oxygen atoms in total. The smallest absolute Gasteiger partial charge is 0.160 e. The average molecular weight is 211 g/mol. The minimum absolute atomic E-state index is 0.526. The van der Waals surface area contributed by atoms with Crippen molar-refractivity contribution in [1.82, 2.24) is 9.97 Å². The summed E-state index contributed by atoms with van der Waals surface area (Å²) in [4.78, 5) is 8.23. The number of methoxy groups -OCH3 is 1. The standard InChI is InChI=1S/C12H9N3O/c1-16-10-4-3-9(8-13)11(7-10)12-14-5-2-6-15-12/h2-7H,1H3. The Balaban J connectivity index is 2.59. The molecule has 2 aromatic rings. The van der Waals surface area contributed by atoms with Crippen LogP contribution in [0.15, 0.2) is 36.7 Å². The van der Waals surface area contributed by atoms with Crippen molar-refractivity contribution in [2.24, 2.45) is 0 Å². The number of nitriles is 1. The molecule has 0 amide bonds. The minimum atomic E-state index is 0.526. The summed E-state index contributed by atoms with van der Waals surface area (Å²) in [6.07, 6.45) is 3.28. The van der Waals surface area contributed by atoms with E-state index in [4.69, 9.17) is 10.00 Å². The number of rotatable bonds is 2. The van der Waals surface area contributed by atoms with Crippen LogP contribution < -0.4 is 4.74 Å². The maximum atomic E-state index is 9.00. The third-order valence-electron chi connectivity index (χ3n) is 2.15. The minimum Gasteiger partial charge on any atom is -0.497 e. The van der Waals surface area contributed by atoms with Gasteiger partial charge >= 0.3 is 0 Å². The van der Waals surface area contributed by atoms with Gasteiger partial charge in [0.15, 0.2) is 5.82 Å². The fraction of sp³-hybridized carbons (Fsp3) is 0.0833. The Morgan fingerprint density at radius 2 is 2.00 bits per heavy atom. The number of benzene rings is 1. The maximum absolute atomic E-state index is 9.00. The largest absolute Gasteiger partial charge is 0.497 e. The van der Waals surface area contributed by atoms with Gasteiger partial charge in [-0.2, -0.15) is 5.26 Å². The summed E-state index contributed by atoms with van der Waals surface area (Å²) in [5.41, 5.74) is 1.22. The Morgan fingerprint density at radius 3 is 2.62 bits per heavy atom. The SMILES string of the molecule is COc1ccc(C#N)c(-c2ncccn2)c1. The molecule has 0 atom stereocenters. The third kappa shape index (κ3) is 1.84. The molecule has 0 aliphatic rings. The number of aromatic nitrogens is 2. The van der Waals surface area contributed by atoms with E-state index in [1.165, 1.54) is 0 Å². The Kier molecular flexibility index (Phi) is 2.79. The van der Waals surface area contributed by atoms with Crippen LogP contribution in [-0.4, -0.2) is 17.1 Å². The highest BCUT2D eigenvalue weighted by molar-refractivity contribution is 5.66. The summed E-state index contributed by atoms with van der Waals surface area (Å²) in [5.74, 6) is 1.21. The van der Waals surface area contributed by atoms with E-state index in [2.05, 4.69) is 16.0 Å². The Bertz CT molecular complexity index is 532. The van der Waals surface area contributed by atoms with E-state index < -0.39 is 0 Å². The first kappa shape index (κ1) is 10.1. The van der Waals surface area contributed by atoms with E-state index in [-0.39, 0.29) is 0 Å². The lowest BCUT2D eigenvalue weighted by Crippen LogP contribution is -1.92. The molecule has 0 spiro atoms. The normalized spacial score (nSPS) is 9.50. The number of hydrogen-bond acceptors (Lipinski definition) is 4. The highest BCUT2D eigenvalue weighted by Crippen LogP contribution is 2.24. The van der Waals surface area contributed by atoms with Crippen LogP contribution in [-0.2, 0) is 0 Å². The van der Waals surface area contributed by atoms with Crippen LogP contribution in [0, 0.1) is 11.3 Å². The fourth-order valence-electron chi connectivity index (χ4n) is 1.37. The first-order valence-electron chi connectivity index (χ1n) is 4.70. The van der Waals surface area contributed by atoms with E-state index in [0.717, 1.165) is 0 Å². The summed E-state index contributed by atoms with van der Waals surface area (Å²) in [7, 11) is 1.58. The second-order valence-electron chi connectivity index (χ2n) is 3.10. The fourth-order valence-corrected chi connectivity index (χ4v) is 1.37. The second kappa shape index (κ2) is 4.41. The predicted molar refractivity (Wildman–Crippen MR) is 58.7 cm³/mol. The predicted octanol–water partition coefficient (Wildman–Crippen LogP) is 2.02. The lowest BCUT2D eigenvalue weighted by Gasteiger charge is -2.05. The Morgan fingerprint density at radius 1 is 1.25 bits per heavy atom. The van der Waals surface area contributed by atoms with Crippen molar-refractivity contribution in [3.8, 4) is 23.2 Å². The zero-order chi connectivity index (χ0) is 11.4. The summed E-state index contributed by atoms with van der Waals surface area (Å²) in [6.45, 7) is 0. The molecule has 1 aromatic heterocycles. The monoisotopic (exact) mass is 211 g/mol. The van der Waals surface area contributed by atoms with Gasteiger partial charge < -0.3 is 4.74 Å². The Hall–Kier alpha value is -2.41. The quantitative estimate of drug-likeness (QED) is 0.762. The summed E-state index contributed by atoms with van der Waals surface area (Å²) in [5, 5.41) is 9.00. The molecule has 2 rings (SSSR count). The molecule has 0 bridgehead atoms. The number of nitrogens with zero attached hydrogens (tertiary/aromatic N) is 3. The highest BCUT2D eigenvalue weighted by atomic mass is 16.5. The molecule has 0 aliphatic heterocycles. The van der Waals surface area contributed by atoms with Gasteiger partial charge in [0.05, 0.1) is 18.7 Å².